The predicted molar refractivity (Wildman–Crippen MR) is 169 cm³/mol. The summed E-state index contributed by atoms with van der Waals surface area (Å²) in [7, 11) is 0. The molecule has 0 radical (unpaired) electrons. The number of para-hydroxylation sites is 1. The molecule has 10 heteroatoms. The highest BCUT2D eigenvalue weighted by atomic mass is 79.9. The molecule has 0 spiro atoms. The Morgan fingerprint density at radius 3 is 2.31 bits per heavy atom. The van der Waals surface area contributed by atoms with Gasteiger partial charge in [0.15, 0.2) is 0 Å². The van der Waals surface area contributed by atoms with Crippen LogP contribution in [0.2, 0.25) is 0 Å². The molecule has 3 amide bonds. The zero-order valence-electron chi connectivity index (χ0n) is 21.9. The number of carbonyl (C=O) groups excluding carboxylic acids is 3. The SMILES string of the molecule is O=C(Cn1c2c(sc1=O)[C@H](c1ccc(Br)cc1)C1C(=O)N(c3ccccc3)C(=O)C1S2)Nc1ccc2ccccc2c1. The molecule has 5 aromatic rings. The maximum atomic E-state index is 13.9. The summed E-state index contributed by atoms with van der Waals surface area (Å²) in [5.74, 6) is -2.15. The topological polar surface area (TPSA) is 88.5 Å². The molecule has 1 N–H and O–H groups in total. The van der Waals surface area contributed by atoms with Gasteiger partial charge in [-0.3, -0.25) is 23.7 Å². The summed E-state index contributed by atoms with van der Waals surface area (Å²) in [6.07, 6.45) is 0. The average molecular weight is 657 g/mol. The zero-order chi connectivity index (χ0) is 29.0. The van der Waals surface area contributed by atoms with Crippen molar-refractivity contribution in [3.63, 3.8) is 0 Å². The lowest BCUT2D eigenvalue weighted by Gasteiger charge is -2.30. The number of aromatic nitrogens is 1. The number of benzene rings is 4. The van der Waals surface area contributed by atoms with Crippen molar-refractivity contribution in [3.05, 3.63) is 122 Å². The molecule has 208 valence electrons. The molecule has 42 heavy (non-hydrogen) atoms. The lowest BCUT2D eigenvalue weighted by atomic mass is 9.83. The highest BCUT2D eigenvalue weighted by Crippen LogP contribution is 2.53. The summed E-state index contributed by atoms with van der Waals surface area (Å²) < 4.78 is 2.32. The molecule has 0 saturated carbocycles. The molecular formula is C32H22BrN3O4S2. The third-order valence-corrected chi connectivity index (χ3v) is 10.8. The van der Waals surface area contributed by atoms with Gasteiger partial charge in [0.1, 0.15) is 11.8 Å². The number of nitrogens with zero attached hydrogens (tertiary/aromatic N) is 2. The first-order valence-corrected chi connectivity index (χ1v) is 15.7. The molecule has 2 unspecified atom stereocenters. The van der Waals surface area contributed by atoms with E-state index in [1.54, 1.807) is 24.3 Å². The summed E-state index contributed by atoms with van der Waals surface area (Å²) in [4.78, 5) is 55.9. The minimum atomic E-state index is -0.734. The number of halogens is 1. The zero-order valence-corrected chi connectivity index (χ0v) is 25.1. The van der Waals surface area contributed by atoms with Crippen LogP contribution >= 0.6 is 39.0 Å². The first-order chi connectivity index (χ1) is 20.4. The van der Waals surface area contributed by atoms with E-state index in [-0.39, 0.29) is 29.1 Å². The van der Waals surface area contributed by atoms with Crippen LogP contribution < -0.4 is 15.1 Å². The van der Waals surface area contributed by atoms with Crippen molar-refractivity contribution in [3.8, 4) is 0 Å². The number of hydrogen-bond acceptors (Lipinski definition) is 6. The molecule has 2 aliphatic heterocycles. The summed E-state index contributed by atoms with van der Waals surface area (Å²) in [6.45, 7) is -0.209. The number of nitrogens with one attached hydrogen (secondary N) is 1. The van der Waals surface area contributed by atoms with E-state index in [2.05, 4.69) is 21.2 Å². The number of hydrogen-bond donors (Lipinski definition) is 1. The fourth-order valence-corrected chi connectivity index (χ4v) is 8.76. The molecule has 4 aromatic carbocycles. The van der Waals surface area contributed by atoms with Gasteiger partial charge in [0, 0.05) is 21.0 Å². The quantitative estimate of drug-likeness (QED) is 0.226. The number of amides is 3. The first kappa shape index (κ1) is 26.9. The lowest BCUT2D eigenvalue weighted by Crippen LogP contribution is -2.33. The Bertz CT molecular complexity index is 1940. The van der Waals surface area contributed by atoms with Crippen LogP contribution in [0, 0.1) is 5.92 Å². The first-order valence-electron chi connectivity index (χ1n) is 13.3. The van der Waals surface area contributed by atoms with Gasteiger partial charge in [-0.2, -0.15) is 0 Å². The molecule has 0 aliphatic carbocycles. The van der Waals surface area contributed by atoms with E-state index in [4.69, 9.17) is 0 Å². The Morgan fingerprint density at radius 1 is 0.833 bits per heavy atom. The van der Waals surface area contributed by atoms with E-state index in [1.165, 1.54) is 21.2 Å². The smallest absolute Gasteiger partial charge is 0.308 e. The van der Waals surface area contributed by atoms with Crippen LogP contribution in [-0.4, -0.2) is 27.5 Å². The molecule has 1 aromatic heterocycles. The monoisotopic (exact) mass is 655 g/mol. The molecule has 0 bridgehead atoms. The second kappa shape index (κ2) is 10.7. The predicted octanol–water partition coefficient (Wildman–Crippen LogP) is 6.26. The minimum absolute atomic E-state index is 0.209. The molecule has 3 heterocycles. The van der Waals surface area contributed by atoms with Crippen LogP contribution in [-0.2, 0) is 20.9 Å². The summed E-state index contributed by atoms with van der Waals surface area (Å²) >= 11 is 5.72. The molecule has 1 saturated heterocycles. The molecule has 7 rings (SSSR count). The standard InChI is InChI=1S/C32H22BrN3O4S2/c33-21-13-10-19(11-14-21)25-26-27(30(39)36(29(26)38)23-8-2-1-3-9-23)41-31-28(25)42-32(40)35(31)17-24(37)34-22-15-12-18-6-4-5-7-20(18)16-22/h1-16,25-27H,17H2,(H,34,37)/t25-,26?,27?/m1/s1. The molecule has 7 nitrogen and oxygen atoms in total. The van der Waals surface area contributed by atoms with E-state index >= 15 is 0 Å². The van der Waals surface area contributed by atoms with E-state index < -0.39 is 17.1 Å². The Morgan fingerprint density at radius 2 is 1.55 bits per heavy atom. The molecule has 3 atom stereocenters. The maximum absolute atomic E-state index is 13.9. The Hall–Kier alpha value is -3.99. The number of imide groups is 1. The molecular weight excluding hydrogens is 634 g/mol. The summed E-state index contributed by atoms with van der Waals surface area (Å²) in [6, 6.07) is 30.0. The number of anilines is 2. The van der Waals surface area contributed by atoms with Crippen LogP contribution in [0.4, 0.5) is 11.4 Å². The second-order valence-corrected chi connectivity index (χ2v) is 13.2. The number of fused-ring (bicyclic) bond motifs is 3. The third-order valence-electron chi connectivity index (χ3n) is 7.63. The van der Waals surface area contributed by atoms with Crippen LogP contribution in [0.5, 0.6) is 0 Å². The maximum Gasteiger partial charge on any atom is 0.308 e. The van der Waals surface area contributed by atoms with E-state index in [0.717, 1.165) is 32.1 Å². The van der Waals surface area contributed by atoms with Crippen molar-refractivity contribution in [1.82, 2.24) is 4.57 Å². The van der Waals surface area contributed by atoms with Gasteiger partial charge in [-0.05, 0) is 52.7 Å². The van der Waals surface area contributed by atoms with Gasteiger partial charge in [0.25, 0.3) is 0 Å². The van der Waals surface area contributed by atoms with E-state index in [0.29, 0.717) is 21.3 Å². The van der Waals surface area contributed by atoms with Crippen molar-refractivity contribution in [2.75, 3.05) is 10.2 Å². The van der Waals surface area contributed by atoms with Gasteiger partial charge in [-0.15, -0.1) is 0 Å². The van der Waals surface area contributed by atoms with E-state index in [9.17, 15) is 19.2 Å². The van der Waals surface area contributed by atoms with Gasteiger partial charge in [-0.25, -0.2) is 4.90 Å². The molecule has 2 aliphatic rings. The molecule has 1 fully saturated rings. The summed E-state index contributed by atoms with van der Waals surface area (Å²) in [5.41, 5.74) is 1.98. The Labute approximate surface area is 257 Å². The van der Waals surface area contributed by atoms with Gasteiger partial charge >= 0.3 is 4.87 Å². The second-order valence-electron chi connectivity index (χ2n) is 10.2. The highest BCUT2D eigenvalue weighted by Gasteiger charge is 2.56. The van der Waals surface area contributed by atoms with Crippen molar-refractivity contribution in [2.24, 2.45) is 5.92 Å². The third kappa shape index (κ3) is 4.59. The number of carbonyl (C=O) groups is 3. The van der Waals surface area contributed by atoms with Gasteiger partial charge in [0.05, 0.1) is 16.6 Å². The van der Waals surface area contributed by atoms with Crippen molar-refractivity contribution in [2.45, 2.75) is 22.7 Å². The number of thioether (sulfide) groups is 1. The normalized spacial score (nSPS) is 19.5. The van der Waals surface area contributed by atoms with Crippen LogP contribution in [0.25, 0.3) is 10.8 Å². The van der Waals surface area contributed by atoms with Crippen LogP contribution in [0.15, 0.2) is 111 Å². The Balaban J connectivity index is 1.26. The van der Waals surface area contributed by atoms with Gasteiger partial charge < -0.3 is 5.32 Å². The fraction of sp³-hybridized carbons (Fsp3) is 0.125. The number of rotatable bonds is 5. The van der Waals surface area contributed by atoms with Gasteiger partial charge in [-0.1, -0.05) is 99.7 Å². The van der Waals surface area contributed by atoms with Crippen molar-refractivity contribution in [1.29, 1.82) is 0 Å². The largest absolute Gasteiger partial charge is 0.325 e. The van der Waals surface area contributed by atoms with Crippen LogP contribution in [0.1, 0.15) is 16.4 Å². The van der Waals surface area contributed by atoms with E-state index in [1.807, 2.05) is 72.8 Å². The summed E-state index contributed by atoms with van der Waals surface area (Å²) in [5, 5.41) is 4.79. The number of thiazole rings is 1. The van der Waals surface area contributed by atoms with Gasteiger partial charge in [0.2, 0.25) is 17.7 Å². The lowest BCUT2D eigenvalue weighted by molar-refractivity contribution is -0.122. The Kier molecular flexibility index (Phi) is 6.84. The van der Waals surface area contributed by atoms with Crippen molar-refractivity contribution < 1.29 is 14.4 Å². The highest BCUT2D eigenvalue weighted by molar-refractivity contribution is 9.10. The van der Waals surface area contributed by atoms with Crippen LogP contribution in [0.3, 0.4) is 0 Å². The minimum Gasteiger partial charge on any atom is -0.325 e. The average Bonchev–Trinajstić information content (AvgIpc) is 3.44. The fourth-order valence-electron chi connectivity index (χ4n) is 5.73. The van der Waals surface area contributed by atoms with Crippen molar-refractivity contribution >= 4 is 78.9 Å².